The van der Waals surface area contributed by atoms with E-state index in [1.165, 1.54) is 6.07 Å². The summed E-state index contributed by atoms with van der Waals surface area (Å²) in [5.41, 5.74) is 1.42. The molecule has 2 aromatic carbocycles. The Balaban J connectivity index is 1.58. The topological polar surface area (TPSA) is 40.5 Å². The maximum Gasteiger partial charge on any atom is 0.303 e. The molecule has 1 fully saturated rings. The van der Waals surface area contributed by atoms with Gasteiger partial charge in [0.05, 0.1) is 5.69 Å². The van der Waals surface area contributed by atoms with Crippen molar-refractivity contribution in [3.05, 3.63) is 64.2 Å². The molecule has 1 heterocycles. The average molecular weight is 421 g/mol. The van der Waals surface area contributed by atoms with Crippen LogP contribution in [0.15, 0.2) is 30.3 Å². The zero-order valence-corrected chi connectivity index (χ0v) is 16.4. The van der Waals surface area contributed by atoms with Gasteiger partial charge in [0.1, 0.15) is 11.6 Å². The summed E-state index contributed by atoms with van der Waals surface area (Å²) in [6.07, 6.45) is 1.97. The van der Waals surface area contributed by atoms with Gasteiger partial charge in [-0.3, -0.25) is 4.79 Å². The van der Waals surface area contributed by atoms with Gasteiger partial charge in [-0.25, -0.2) is 17.6 Å². The van der Waals surface area contributed by atoms with Gasteiger partial charge in [0.25, 0.3) is 5.92 Å². The van der Waals surface area contributed by atoms with Crippen molar-refractivity contribution in [3.8, 4) is 0 Å². The number of rotatable bonds is 6. The van der Waals surface area contributed by atoms with Gasteiger partial charge in [-0.05, 0) is 60.6 Å². The summed E-state index contributed by atoms with van der Waals surface area (Å²) in [4.78, 5) is 12.4. The molecule has 1 N–H and O–H groups in total. The zero-order valence-electron chi connectivity index (χ0n) is 16.4. The Hall–Kier alpha value is -2.57. The number of carboxylic acids is 1. The summed E-state index contributed by atoms with van der Waals surface area (Å²) in [6.45, 7) is 0.502. The molecule has 0 spiro atoms. The van der Waals surface area contributed by atoms with Crippen molar-refractivity contribution < 1.29 is 27.5 Å². The molecule has 2 aliphatic rings. The molecule has 1 saturated carbocycles. The average Bonchev–Trinajstić information content (AvgIpc) is 2.65. The number of hydrogen-bond acceptors (Lipinski definition) is 2. The van der Waals surface area contributed by atoms with Crippen LogP contribution in [0.4, 0.5) is 23.2 Å². The van der Waals surface area contributed by atoms with Crippen LogP contribution in [-0.4, -0.2) is 17.6 Å². The number of fused-ring (bicyclic) bond motifs is 1. The third-order valence-electron chi connectivity index (χ3n) is 6.31. The highest BCUT2D eigenvalue weighted by Gasteiger charge is 2.44. The van der Waals surface area contributed by atoms with Crippen molar-refractivity contribution in [2.45, 2.75) is 51.0 Å². The van der Waals surface area contributed by atoms with Crippen LogP contribution < -0.4 is 4.90 Å². The fourth-order valence-electron chi connectivity index (χ4n) is 4.27. The number of nitrogens with zero attached hydrogens (tertiary/aromatic N) is 1. The molecule has 30 heavy (non-hydrogen) atoms. The van der Waals surface area contributed by atoms with Gasteiger partial charge in [-0.1, -0.05) is 18.6 Å². The molecule has 0 bridgehead atoms. The highest BCUT2D eigenvalue weighted by Crippen LogP contribution is 2.47. The smallest absolute Gasteiger partial charge is 0.303 e. The maximum absolute atomic E-state index is 14.8. The molecule has 0 amide bonds. The van der Waals surface area contributed by atoms with Crippen LogP contribution >= 0.6 is 0 Å². The van der Waals surface area contributed by atoms with E-state index in [0.717, 1.165) is 18.6 Å². The van der Waals surface area contributed by atoms with Crippen molar-refractivity contribution >= 4 is 11.7 Å². The quantitative estimate of drug-likeness (QED) is 0.632. The number of aryl methyl sites for hydroxylation is 1. The van der Waals surface area contributed by atoms with Gasteiger partial charge in [-0.2, -0.15) is 0 Å². The van der Waals surface area contributed by atoms with Crippen LogP contribution in [0.1, 0.15) is 47.9 Å². The molecule has 0 radical (unpaired) electrons. The SMILES string of the molecule is O=C(O)CCc1ccc2c(c1F)CCN(c1cc(C(F)(F)C3CCC3)ccc1F)C2. The predicted molar refractivity (Wildman–Crippen MR) is 105 cm³/mol. The van der Waals surface area contributed by atoms with Crippen LogP contribution in [0.2, 0.25) is 0 Å². The van der Waals surface area contributed by atoms with Crippen LogP contribution in [0.3, 0.4) is 0 Å². The van der Waals surface area contributed by atoms with Crippen LogP contribution in [-0.2, 0) is 30.1 Å². The summed E-state index contributed by atoms with van der Waals surface area (Å²) < 4.78 is 58.7. The van der Waals surface area contributed by atoms with E-state index in [9.17, 15) is 22.4 Å². The van der Waals surface area contributed by atoms with Gasteiger partial charge < -0.3 is 10.0 Å². The normalized spacial score (nSPS) is 16.9. The predicted octanol–water partition coefficient (Wildman–Crippen LogP) is 5.44. The standard InChI is InChI=1S/C23H23F4NO2/c24-19-8-7-17(23(26,27)16-2-1-3-16)12-20(19)28-11-10-18-15(13-28)5-4-14(22(18)25)6-9-21(29)30/h4-5,7-8,12,16H,1-3,6,9-11,13H2,(H,29,30). The van der Waals surface area contributed by atoms with Crippen molar-refractivity contribution in [1.82, 2.24) is 0 Å². The Morgan fingerprint density at radius 1 is 1.17 bits per heavy atom. The Morgan fingerprint density at radius 3 is 2.60 bits per heavy atom. The molecule has 160 valence electrons. The summed E-state index contributed by atoms with van der Waals surface area (Å²) in [5, 5.41) is 8.81. The number of halogens is 4. The lowest BCUT2D eigenvalue weighted by Gasteiger charge is -2.35. The van der Waals surface area contributed by atoms with Crippen molar-refractivity contribution in [2.75, 3.05) is 11.4 Å². The van der Waals surface area contributed by atoms with Gasteiger partial charge >= 0.3 is 5.97 Å². The number of anilines is 1. The molecular weight excluding hydrogens is 398 g/mol. The molecule has 0 atom stereocenters. The van der Waals surface area contributed by atoms with E-state index in [2.05, 4.69) is 0 Å². The Kier molecular flexibility index (Phi) is 5.47. The number of benzene rings is 2. The van der Waals surface area contributed by atoms with Gasteiger partial charge in [0.2, 0.25) is 0 Å². The van der Waals surface area contributed by atoms with E-state index >= 15 is 0 Å². The molecular formula is C23H23F4NO2. The maximum atomic E-state index is 14.8. The summed E-state index contributed by atoms with van der Waals surface area (Å²) in [7, 11) is 0. The number of carboxylic acid groups (broad SMARTS) is 1. The lowest BCUT2D eigenvalue weighted by molar-refractivity contribution is -0.136. The molecule has 1 aliphatic heterocycles. The van der Waals surface area contributed by atoms with Crippen molar-refractivity contribution in [2.24, 2.45) is 5.92 Å². The van der Waals surface area contributed by atoms with Gasteiger partial charge in [-0.15, -0.1) is 0 Å². The fraction of sp³-hybridized carbons (Fsp3) is 0.435. The van der Waals surface area contributed by atoms with Gasteiger partial charge in [0, 0.05) is 31.0 Å². The van der Waals surface area contributed by atoms with E-state index in [1.807, 2.05) is 0 Å². The van der Waals surface area contributed by atoms with Crippen LogP contribution in [0.25, 0.3) is 0 Å². The first-order valence-corrected chi connectivity index (χ1v) is 10.2. The Morgan fingerprint density at radius 2 is 1.93 bits per heavy atom. The lowest BCUT2D eigenvalue weighted by atomic mass is 9.78. The van der Waals surface area contributed by atoms with E-state index in [-0.39, 0.29) is 30.6 Å². The molecule has 2 aromatic rings. The largest absolute Gasteiger partial charge is 0.481 e. The Labute approximate surface area is 172 Å². The number of alkyl halides is 2. The molecule has 0 unspecified atom stereocenters. The minimum absolute atomic E-state index is 0.102. The summed E-state index contributed by atoms with van der Waals surface area (Å²) in [6, 6.07) is 6.74. The lowest BCUT2D eigenvalue weighted by Crippen LogP contribution is -2.33. The second-order valence-electron chi connectivity index (χ2n) is 8.16. The van der Waals surface area contributed by atoms with Crippen molar-refractivity contribution in [1.29, 1.82) is 0 Å². The minimum atomic E-state index is -2.99. The Bertz CT molecular complexity index is 972. The number of aliphatic carboxylic acids is 1. The molecule has 0 saturated heterocycles. The van der Waals surface area contributed by atoms with Crippen LogP contribution in [0, 0.1) is 17.6 Å². The monoisotopic (exact) mass is 421 g/mol. The third-order valence-corrected chi connectivity index (χ3v) is 6.31. The fourth-order valence-corrected chi connectivity index (χ4v) is 4.27. The zero-order chi connectivity index (χ0) is 21.5. The molecule has 0 aromatic heterocycles. The second kappa shape index (κ2) is 7.93. The molecule has 7 heteroatoms. The highest BCUT2D eigenvalue weighted by molar-refractivity contribution is 5.67. The molecule has 3 nitrogen and oxygen atoms in total. The van der Waals surface area contributed by atoms with Crippen LogP contribution in [0.5, 0.6) is 0 Å². The third kappa shape index (κ3) is 3.77. The molecule has 4 rings (SSSR count). The van der Waals surface area contributed by atoms with E-state index < -0.39 is 29.4 Å². The first kappa shape index (κ1) is 20.7. The molecule has 1 aliphatic carbocycles. The summed E-state index contributed by atoms with van der Waals surface area (Å²) >= 11 is 0. The van der Waals surface area contributed by atoms with E-state index in [4.69, 9.17) is 5.11 Å². The highest BCUT2D eigenvalue weighted by atomic mass is 19.3. The minimum Gasteiger partial charge on any atom is -0.481 e. The summed E-state index contributed by atoms with van der Waals surface area (Å²) in [5.74, 6) is -5.67. The number of carbonyl (C=O) groups is 1. The second-order valence-corrected chi connectivity index (χ2v) is 8.16. The number of hydrogen-bond donors (Lipinski definition) is 1. The van der Waals surface area contributed by atoms with E-state index in [1.54, 1.807) is 17.0 Å². The van der Waals surface area contributed by atoms with Gasteiger partial charge in [0.15, 0.2) is 0 Å². The van der Waals surface area contributed by atoms with E-state index in [0.29, 0.717) is 42.5 Å². The first-order valence-electron chi connectivity index (χ1n) is 10.2. The van der Waals surface area contributed by atoms with Crippen molar-refractivity contribution in [3.63, 3.8) is 0 Å². The first-order chi connectivity index (χ1) is 14.3.